The second-order valence-electron chi connectivity index (χ2n) is 4.26. The van der Waals surface area contributed by atoms with Gasteiger partial charge in [-0.25, -0.2) is 0 Å². The molecule has 1 aromatic carbocycles. The molecule has 0 saturated heterocycles. The van der Waals surface area contributed by atoms with E-state index in [4.69, 9.17) is 0 Å². The first-order valence-corrected chi connectivity index (χ1v) is 6.04. The predicted octanol–water partition coefficient (Wildman–Crippen LogP) is 1.92. The average molecular weight is 246 g/mol. The summed E-state index contributed by atoms with van der Waals surface area (Å²) in [5, 5.41) is 4.33. The molecule has 4 nitrogen and oxygen atoms in total. The number of fused-ring (bicyclic) bond motifs is 1. The molecule has 0 aliphatic rings. The van der Waals surface area contributed by atoms with Crippen LogP contribution < -0.4 is 5.32 Å². The SMILES string of the molecule is CNCc1ccc2ccn(CCC(=O)OC)c2c1. The number of carbonyl (C=O) groups is 1. The monoisotopic (exact) mass is 246 g/mol. The molecule has 4 heteroatoms. The second kappa shape index (κ2) is 5.69. The molecule has 96 valence electrons. The van der Waals surface area contributed by atoms with E-state index >= 15 is 0 Å². The Balaban J connectivity index is 2.22. The first kappa shape index (κ1) is 12.6. The van der Waals surface area contributed by atoms with Crippen molar-refractivity contribution >= 4 is 16.9 Å². The number of nitrogens with one attached hydrogen (secondary N) is 1. The average Bonchev–Trinajstić information content (AvgIpc) is 2.79. The number of hydrogen-bond donors (Lipinski definition) is 1. The third kappa shape index (κ3) is 2.71. The lowest BCUT2D eigenvalue weighted by molar-refractivity contribution is -0.140. The minimum atomic E-state index is -0.178. The molecule has 2 aromatic rings. The van der Waals surface area contributed by atoms with Crippen LogP contribution in [0.3, 0.4) is 0 Å². The third-order valence-electron chi connectivity index (χ3n) is 3.00. The smallest absolute Gasteiger partial charge is 0.307 e. The molecule has 2 rings (SSSR count). The van der Waals surface area contributed by atoms with E-state index in [-0.39, 0.29) is 5.97 Å². The molecular formula is C14H18N2O2. The molecule has 1 aromatic heterocycles. The highest BCUT2D eigenvalue weighted by Crippen LogP contribution is 2.18. The number of hydrogen-bond acceptors (Lipinski definition) is 3. The summed E-state index contributed by atoms with van der Waals surface area (Å²) in [5.74, 6) is -0.178. The van der Waals surface area contributed by atoms with E-state index in [0.717, 1.165) is 12.1 Å². The lowest BCUT2D eigenvalue weighted by Gasteiger charge is -2.06. The molecular weight excluding hydrogens is 228 g/mol. The largest absolute Gasteiger partial charge is 0.469 e. The standard InChI is InChI=1S/C14H18N2O2/c1-15-10-11-3-4-12-5-7-16(13(12)9-11)8-6-14(17)18-2/h3-5,7,9,15H,6,8,10H2,1-2H3. The van der Waals surface area contributed by atoms with Gasteiger partial charge in [-0.3, -0.25) is 4.79 Å². The molecule has 18 heavy (non-hydrogen) atoms. The zero-order valence-electron chi connectivity index (χ0n) is 10.8. The molecule has 0 radical (unpaired) electrons. The first-order valence-electron chi connectivity index (χ1n) is 6.04. The summed E-state index contributed by atoms with van der Waals surface area (Å²) in [7, 11) is 3.35. The summed E-state index contributed by atoms with van der Waals surface area (Å²) in [5.41, 5.74) is 2.40. The van der Waals surface area contributed by atoms with Gasteiger partial charge < -0.3 is 14.6 Å². The highest BCUT2D eigenvalue weighted by atomic mass is 16.5. The van der Waals surface area contributed by atoms with Crippen LogP contribution in [0.2, 0.25) is 0 Å². The number of methoxy groups -OCH3 is 1. The number of aryl methyl sites for hydroxylation is 1. The van der Waals surface area contributed by atoms with Gasteiger partial charge in [0.15, 0.2) is 0 Å². The fourth-order valence-corrected chi connectivity index (χ4v) is 2.05. The Hall–Kier alpha value is -1.81. The summed E-state index contributed by atoms with van der Waals surface area (Å²) in [6.07, 6.45) is 2.41. The van der Waals surface area contributed by atoms with Gasteiger partial charge in [0.25, 0.3) is 0 Å². The lowest BCUT2D eigenvalue weighted by Crippen LogP contribution is -2.07. The Kier molecular flexibility index (Phi) is 3.99. The van der Waals surface area contributed by atoms with Gasteiger partial charge in [-0.2, -0.15) is 0 Å². The second-order valence-corrected chi connectivity index (χ2v) is 4.26. The Morgan fingerprint density at radius 1 is 1.39 bits per heavy atom. The molecule has 1 heterocycles. The van der Waals surface area contributed by atoms with Crippen molar-refractivity contribution < 1.29 is 9.53 Å². The summed E-state index contributed by atoms with van der Waals surface area (Å²) in [6, 6.07) is 8.44. The molecule has 0 bridgehead atoms. The van der Waals surface area contributed by atoms with Crippen molar-refractivity contribution in [3.8, 4) is 0 Å². The number of esters is 1. The molecule has 0 aliphatic heterocycles. The molecule has 0 saturated carbocycles. The first-order chi connectivity index (χ1) is 8.74. The maximum atomic E-state index is 11.2. The highest BCUT2D eigenvalue weighted by Gasteiger charge is 2.05. The van der Waals surface area contributed by atoms with Crippen LogP contribution in [-0.4, -0.2) is 24.7 Å². The van der Waals surface area contributed by atoms with E-state index in [2.05, 4.69) is 38.9 Å². The minimum absolute atomic E-state index is 0.178. The van der Waals surface area contributed by atoms with E-state index in [1.54, 1.807) is 0 Å². The van der Waals surface area contributed by atoms with Crippen molar-refractivity contribution in [3.05, 3.63) is 36.0 Å². The highest BCUT2D eigenvalue weighted by molar-refractivity contribution is 5.81. The van der Waals surface area contributed by atoms with Gasteiger partial charge in [0.2, 0.25) is 0 Å². The van der Waals surface area contributed by atoms with Crippen LogP contribution >= 0.6 is 0 Å². The molecule has 0 aliphatic carbocycles. The number of benzene rings is 1. The van der Waals surface area contributed by atoms with Gasteiger partial charge in [-0.05, 0) is 30.1 Å². The van der Waals surface area contributed by atoms with Gasteiger partial charge in [0, 0.05) is 24.8 Å². The van der Waals surface area contributed by atoms with Crippen molar-refractivity contribution in [1.29, 1.82) is 0 Å². The van der Waals surface area contributed by atoms with Crippen molar-refractivity contribution in [1.82, 2.24) is 9.88 Å². The fourth-order valence-electron chi connectivity index (χ4n) is 2.05. The van der Waals surface area contributed by atoms with Gasteiger partial charge in [-0.15, -0.1) is 0 Å². The molecule has 0 amide bonds. The molecule has 0 atom stereocenters. The Morgan fingerprint density at radius 2 is 2.22 bits per heavy atom. The normalized spacial score (nSPS) is 10.8. The van der Waals surface area contributed by atoms with Gasteiger partial charge >= 0.3 is 5.97 Å². The molecule has 0 fully saturated rings. The van der Waals surface area contributed by atoms with Gasteiger partial charge in [0.05, 0.1) is 13.5 Å². The quantitative estimate of drug-likeness (QED) is 0.820. The fraction of sp³-hybridized carbons (Fsp3) is 0.357. The zero-order valence-corrected chi connectivity index (χ0v) is 10.8. The zero-order chi connectivity index (χ0) is 13.0. The van der Waals surface area contributed by atoms with Crippen LogP contribution in [0.4, 0.5) is 0 Å². The topological polar surface area (TPSA) is 43.3 Å². The van der Waals surface area contributed by atoms with Crippen LogP contribution in [0.15, 0.2) is 30.5 Å². The van der Waals surface area contributed by atoms with E-state index < -0.39 is 0 Å². The van der Waals surface area contributed by atoms with Crippen molar-refractivity contribution in [2.24, 2.45) is 0 Å². The van der Waals surface area contributed by atoms with E-state index in [1.807, 2.05) is 13.2 Å². The van der Waals surface area contributed by atoms with Crippen molar-refractivity contribution in [2.75, 3.05) is 14.2 Å². The number of ether oxygens (including phenoxy) is 1. The number of rotatable bonds is 5. The molecule has 0 spiro atoms. The predicted molar refractivity (Wildman–Crippen MR) is 71.3 cm³/mol. The summed E-state index contributed by atoms with van der Waals surface area (Å²) in [6.45, 7) is 1.50. The summed E-state index contributed by atoms with van der Waals surface area (Å²) < 4.78 is 6.75. The summed E-state index contributed by atoms with van der Waals surface area (Å²) in [4.78, 5) is 11.2. The number of aromatic nitrogens is 1. The van der Waals surface area contributed by atoms with Gasteiger partial charge in [0.1, 0.15) is 0 Å². The van der Waals surface area contributed by atoms with E-state index in [9.17, 15) is 4.79 Å². The number of carbonyl (C=O) groups excluding carboxylic acids is 1. The van der Waals surface area contributed by atoms with Gasteiger partial charge in [-0.1, -0.05) is 12.1 Å². The minimum Gasteiger partial charge on any atom is -0.469 e. The lowest BCUT2D eigenvalue weighted by atomic mass is 10.1. The van der Waals surface area contributed by atoms with Crippen molar-refractivity contribution in [3.63, 3.8) is 0 Å². The summed E-state index contributed by atoms with van der Waals surface area (Å²) >= 11 is 0. The van der Waals surface area contributed by atoms with E-state index in [0.29, 0.717) is 13.0 Å². The Bertz CT molecular complexity index is 546. The van der Waals surface area contributed by atoms with Crippen LogP contribution in [0, 0.1) is 0 Å². The van der Waals surface area contributed by atoms with E-state index in [1.165, 1.54) is 18.1 Å². The van der Waals surface area contributed by atoms with Crippen LogP contribution in [0.25, 0.3) is 10.9 Å². The maximum absolute atomic E-state index is 11.2. The molecule has 0 unspecified atom stereocenters. The van der Waals surface area contributed by atoms with Crippen LogP contribution in [-0.2, 0) is 22.6 Å². The Labute approximate surface area is 107 Å². The van der Waals surface area contributed by atoms with Crippen LogP contribution in [0.5, 0.6) is 0 Å². The number of nitrogens with zero attached hydrogens (tertiary/aromatic N) is 1. The third-order valence-corrected chi connectivity index (χ3v) is 3.00. The maximum Gasteiger partial charge on any atom is 0.307 e. The van der Waals surface area contributed by atoms with Crippen molar-refractivity contribution in [2.45, 2.75) is 19.5 Å². The molecule has 1 N–H and O–H groups in total. The Morgan fingerprint density at radius 3 is 2.94 bits per heavy atom. The van der Waals surface area contributed by atoms with Crippen LogP contribution in [0.1, 0.15) is 12.0 Å².